The van der Waals surface area contributed by atoms with E-state index in [1.807, 2.05) is 17.5 Å². The Labute approximate surface area is 125 Å². The minimum atomic E-state index is -0.889. The number of benzene rings is 1. The van der Waals surface area contributed by atoms with Gasteiger partial charge in [0.05, 0.1) is 17.4 Å². The fourth-order valence-electron chi connectivity index (χ4n) is 1.96. The number of hydrogen-bond donors (Lipinski definition) is 2. The number of carboxylic acid groups (broad SMARTS) is 1. The smallest absolute Gasteiger partial charge is 0.305 e. The molecule has 0 radical (unpaired) electrons. The highest BCUT2D eigenvalue weighted by Gasteiger charge is 2.16. The van der Waals surface area contributed by atoms with Crippen LogP contribution >= 0.6 is 11.3 Å². The van der Waals surface area contributed by atoms with E-state index in [1.54, 1.807) is 12.1 Å². The quantitative estimate of drug-likeness (QED) is 0.606. The maximum atomic E-state index is 10.9. The van der Waals surface area contributed by atoms with Gasteiger partial charge in [0.2, 0.25) is 0 Å². The Morgan fingerprint density at radius 2 is 2.19 bits per heavy atom. The number of nitro groups is 1. The number of nitro benzene ring substituents is 1. The minimum absolute atomic E-state index is 0.0280. The van der Waals surface area contributed by atoms with Crippen LogP contribution in [0.25, 0.3) is 0 Å². The zero-order chi connectivity index (χ0) is 15.2. The van der Waals surface area contributed by atoms with Crippen molar-refractivity contribution in [3.8, 4) is 0 Å². The van der Waals surface area contributed by atoms with E-state index in [4.69, 9.17) is 5.11 Å². The fourth-order valence-corrected chi connectivity index (χ4v) is 2.76. The van der Waals surface area contributed by atoms with Gasteiger partial charge in [0.15, 0.2) is 0 Å². The third-order valence-electron chi connectivity index (χ3n) is 2.94. The van der Waals surface area contributed by atoms with Crippen LogP contribution in [0.4, 0.5) is 5.69 Å². The lowest BCUT2D eigenvalue weighted by Crippen LogP contribution is -2.22. The number of rotatable bonds is 7. The summed E-state index contributed by atoms with van der Waals surface area (Å²) in [6, 6.07) is 9.74. The van der Waals surface area contributed by atoms with Gasteiger partial charge < -0.3 is 10.4 Å². The molecule has 1 atom stereocenters. The van der Waals surface area contributed by atoms with Crippen molar-refractivity contribution in [3.05, 3.63) is 62.3 Å². The molecule has 1 heterocycles. The predicted octanol–water partition coefficient (Wildman–Crippen LogP) is 2.96. The molecule has 0 saturated carbocycles. The molecule has 1 aromatic heterocycles. The van der Waals surface area contributed by atoms with E-state index < -0.39 is 10.9 Å². The topological polar surface area (TPSA) is 92.5 Å². The highest BCUT2D eigenvalue weighted by molar-refractivity contribution is 7.10. The molecule has 110 valence electrons. The van der Waals surface area contributed by atoms with Gasteiger partial charge in [-0.3, -0.25) is 14.9 Å². The van der Waals surface area contributed by atoms with Crippen LogP contribution in [-0.4, -0.2) is 16.0 Å². The van der Waals surface area contributed by atoms with E-state index in [0.717, 1.165) is 10.4 Å². The zero-order valence-electron chi connectivity index (χ0n) is 11.1. The van der Waals surface area contributed by atoms with Crippen LogP contribution in [0.15, 0.2) is 41.8 Å². The van der Waals surface area contributed by atoms with Crippen molar-refractivity contribution < 1.29 is 14.8 Å². The standard InChI is InChI=1S/C14H14N2O4S/c17-14(18)8-12(13-5-2-6-21-13)15-9-10-3-1-4-11(7-10)16(19)20/h1-7,12,15H,8-9H2,(H,17,18). The van der Waals surface area contributed by atoms with Gasteiger partial charge >= 0.3 is 5.97 Å². The van der Waals surface area contributed by atoms with Gasteiger partial charge in [-0.15, -0.1) is 11.3 Å². The molecule has 0 aliphatic heterocycles. The van der Waals surface area contributed by atoms with E-state index >= 15 is 0 Å². The Balaban J connectivity index is 2.06. The number of carboxylic acids is 1. The molecule has 0 bridgehead atoms. The van der Waals surface area contributed by atoms with Gasteiger partial charge in [0.1, 0.15) is 0 Å². The Morgan fingerprint density at radius 3 is 2.81 bits per heavy atom. The van der Waals surface area contributed by atoms with Crippen LogP contribution in [0.3, 0.4) is 0 Å². The summed E-state index contributed by atoms with van der Waals surface area (Å²) in [7, 11) is 0. The van der Waals surface area contributed by atoms with E-state index in [2.05, 4.69) is 5.32 Å². The average molecular weight is 306 g/mol. The summed E-state index contributed by atoms with van der Waals surface area (Å²) in [6.45, 7) is 0.373. The summed E-state index contributed by atoms with van der Waals surface area (Å²) in [5.41, 5.74) is 0.774. The molecule has 1 unspecified atom stereocenters. The third kappa shape index (κ3) is 4.37. The van der Waals surface area contributed by atoms with Gasteiger partial charge in [-0.25, -0.2) is 0 Å². The molecule has 2 N–H and O–H groups in total. The highest BCUT2D eigenvalue weighted by atomic mass is 32.1. The molecular formula is C14H14N2O4S. The van der Waals surface area contributed by atoms with Gasteiger partial charge in [-0.05, 0) is 17.0 Å². The second kappa shape index (κ2) is 6.96. The normalized spacial score (nSPS) is 12.0. The van der Waals surface area contributed by atoms with Crippen LogP contribution in [0.5, 0.6) is 0 Å². The van der Waals surface area contributed by atoms with Gasteiger partial charge in [0, 0.05) is 23.6 Å². The Morgan fingerprint density at radius 1 is 1.38 bits per heavy atom. The van der Waals surface area contributed by atoms with Crippen molar-refractivity contribution in [1.82, 2.24) is 5.32 Å². The average Bonchev–Trinajstić information content (AvgIpc) is 2.97. The van der Waals surface area contributed by atoms with E-state index in [1.165, 1.54) is 23.5 Å². The van der Waals surface area contributed by atoms with Crippen molar-refractivity contribution in [2.45, 2.75) is 19.0 Å². The minimum Gasteiger partial charge on any atom is -0.481 e. The Bertz CT molecular complexity index is 628. The number of nitrogens with zero attached hydrogens (tertiary/aromatic N) is 1. The van der Waals surface area contributed by atoms with Gasteiger partial charge in [-0.1, -0.05) is 18.2 Å². The molecule has 1 aromatic carbocycles. The SMILES string of the molecule is O=C(O)CC(NCc1cccc([N+](=O)[O-])c1)c1cccs1. The first-order valence-electron chi connectivity index (χ1n) is 6.28. The monoisotopic (exact) mass is 306 g/mol. The van der Waals surface area contributed by atoms with E-state index in [9.17, 15) is 14.9 Å². The van der Waals surface area contributed by atoms with Crippen molar-refractivity contribution >= 4 is 23.0 Å². The number of thiophene rings is 1. The second-order valence-corrected chi connectivity index (χ2v) is 5.45. The van der Waals surface area contributed by atoms with Crippen LogP contribution in [0.1, 0.15) is 22.9 Å². The van der Waals surface area contributed by atoms with Crippen LogP contribution in [-0.2, 0) is 11.3 Å². The van der Waals surface area contributed by atoms with Gasteiger partial charge in [0.25, 0.3) is 5.69 Å². The molecule has 0 amide bonds. The summed E-state index contributed by atoms with van der Waals surface area (Å²) in [6.07, 6.45) is -0.0323. The lowest BCUT2D eigenvalue weighted by Gasteiger charge is -2.15. The Hall–Kier alpha value is -2.25. The largest absolute Gasteiger partial charge is 0.481 e. The molecule has 21 heavy (non-hydrogen) atoms. The lowest BCUT2D eigenvalue weighted by molar-refractivity contribution is -0.384. The maximum absolute atomic E-state index is 10.9. The molecule has 0 aliphatic carbocycles. The summed E-state index contributed by atoms with van der Waals surface area (Å²) in [5.74, 6) is -0.889. The van der Waals surface area contributed by atoms with Crippen molar-refractivity contribution in [1.29, 1.82) is 0 Å². The number of aliphatic carboxylic acids is 1. The molecule has 0 fully saturated rings. The maximum Gasteiger partial charge on any atom is 0.305 e. The van der Waals surface area contributed by atoms with E-state index in [-0.39, 0.29) is 18.2 Å². The summed E-state index contributed by atoms with van der Waals surface area (Å²) in [4.78, 5) is 22.2. The molecule has 0 aliphatic rings. The van der Waals surface area contributed by atoms with Crippen LogP contribution < -0.4 is 5.32 Å². The first kappa shape index (κ1) is 15.1. The van der Waals surface area contributed by atoms with Crippen molar-refractivity contribution in [3.63, 3.8) is 0 Å². The number of nitrogens with one attached hydrogen (secondary N) is 1. The second-order valence-electron chi connectivity index (χ2n) is 4.47. The van der Waals surface area contributed by atoms with Crippen LogP contribution in [0.2, 0.25) is 0 Å². The van der Waals surface area contributed by atoms with Crippen LogP contribution in [0, 0.1) is 10.1 Å². The first-order valence-corrected chi connectivity index (χ1v) is 7.16. The lowest BCUT2D eigenvalue weighted by atomic mass is 10.1. The fraction of sp³-hybridized carbons (Fsp3) is 0.214. The van der Waals surface area contributed by atoms with Crippen molar-refractivity contribution in [2.24, 2.45) is 0 Å². The number of hydrogen-bond acceptors (Lipinski definition) is 5. The summed E-state index contributed by atoms with van der Waals surface area (Å²) < 4.78 is 0. The summed E-state index contributed by atoms with van der Waals surface area (Å²) >= 11 is 1.48. The third-order valence-corrected chi connectivity index (χ3v) is 3.93. The van der Waals surface area contributed by atoms with E-state index in [0.29, 0.717) is 6.54 Å². The van der Waals surface area contributed by atoms with Gasteiger partial charge in [-0.2, -0.15) is 0 Å². The predicted molar refractivity (Wildman–Crippen MR) is 79.2 cm³/mol. The number of non-ortho nitro benzene ring substituents is 1. The first-order chi connectivity index (χ1) is 10.1. The molecule has 0 saturated heterocycles. The Kier molecular flexibility index (Phi) is 5.02. The molecule has 2 rings (SSSR count). The molecule has 0 spiro atoms. The summed E-state index contributed by atoms with van der Waals surface area (Å²) in [5, 5.41) is 24.7. The highest BCUT2D eigenvalue weighted by Crippen LogP contribution is 2.23. The molecule has 2 aromatic rings. The van der Waals surface area contributed by atoms with Crippen molar-refractivity contribution in [2.75, 3.05) is 0 Å². The zero-order valence-corrected chi connectivity index (χ0v) is 11.9. The number of carbonyl (C=O) groups is 1. The molecular weight excluding hydrogens is 292 g/mol. The molecule has 7 heteroatoms. The molecule has 6 nitrogen and oxygen atoms in total.